The average molecular weight is 241 g/mol. The third-order valence-corrected chi connectivity index (χ3v) is 3.87. The van der Waals surface area contributed by atoms with Gasteiger partial charge in [-0.1, -0.05) is 13.8 Å². The summed E-state index contributed by atoms with van der Waals surface area (Å²) >= 11 is 0. The molecule has 0 aromatic rings. The van der Waals surface area contributed by atoms with Crippen molar-refractivity contribution < 1.29 is 0 Å². The number of nitrogens with one attached hydrogen (secondary N) is 2. The van der Waals surface area contributed by atoms with E-state index in [1.54, 1.807) is 0 Å². The van der Waals surface area contributed by atoms with Crippen LogP contribution in [0.25, 0.3) is 0 Å². The fourth-order valence-corrected chi connectivity index (χ4v) is 2.63. The lowest BCUT2D eigenvalue weighted by molar-refractivity contribution is 0.224. The number of nitrogens with zero attached hydrogens (tertiary/aromatic N) is 1. The van der Waals surface area contributed by atoms with Crippen LogP contribution in [0.5, 0.6) is 0 Å². The van der Waals surface area contributed by atoms with E-state index in [-0.39, 0.29) is 0 Å². The van der Waals surface area contributed by atoms with Crippen molar-refractivity contribution in [3.8, 4) is 0 Å². The highest BCUT2D eigenvalue weighted by molar-refractivity contribution is 4.78. The summed E-state index contributed by atoms with van der Waals surface area (Å²) in [7, 11) is 2.23. The molecule has 102 valence electrons. The maximum absolute atomic E-state index is 3.76. The molecule has 2 N–H and O–H groups in total. The predicted molar refractivity (Wildman–Crippen MR) is 75.5 cm³/mol. The number of hydrogen-bond acceptors (Lipinski definition) is 3. The van der Waals surface area contributed by atoms with Crippen LogP contribution in [0.3, 0.4) is 0 Å². The second-order valence-corrected chi connectivity index (χ2v) is 5.18. The van der Waals surface area contributed by atoms with Gasteiger partial charge in [0.15, 0.2) is 0 Å². The Morgan fingerprint density at radius 2 is 1.65 bits per heavy atom. The van der Waals surface area contributed by atoms with Crippen molar-refractivity contribution in [2.75, 3.05) is 39.8 Å². The van der Waals surface area contributed by atoms with E-state index >= 15 is 0 Å². The second kappa shape index (κ2) is 8.90. The standard InChI is InChI=1S/C12H25N3.C2H6/c1-15-8-4-12(5-9-15)14-10-11-2-6-13-7-3-11;1-2/h11-14H,2-10H2,1H3;1-2H3. The summed E-state index contributed by atoms with van der Waals surface area (Å²) in [6.07, 6.45) is 5.39. The number of piperidine rings is 2. The molecule has 0 aromatic heterocycles. The summed E-state index contributed by atoms with van der Waals surface area (Å²) in [5.41, 5.74) is 0. The molecule has 2 rings (SSSR count). The first kappa shape index (κ1) is 14.9. The van der Waals surface area contributed by atoms with Crippen LogP contribution >= 0.6 is 0 Å². The molecule has 2 saturated heterocycles. The first-order valence-corrected chi connectivity index (χ1v) is 7.47. The lowest BCUT2D eigenvalue weighted by Gasteiger charge is -2.31. The van der Waals surface area contributed by atoms with Crippen molar-refractivity contribution in [3.63, 3.8) is 0 Å². The number of rotatable bonds is 3. The van der Waals surface area contributed by atoms with Crippen LogP contribution in [0.1, 0.15) is 39.5 Å². The van der Waals surface area contributed by atoms with Crippen molar-refractivity contribution in [3.05, 3.63) is 0 Å². The third-order valence-electron chi connectivity index (χ3n) is 3.87. The van der Waals surface area contributed by atoms with Gasteiger partial charge in [-0.15, -0.1) is 0 Å². The summed E-state index contributed by atoms with van der Waals surface area (Å²) < 4.78 is 0. The largest absolute Gasteiger partial charge is 0.317 e. The molecule has 0 spiro atoms. The fourth-order valence-electron chi connectivity index (χ4n) is 2.63. The Balaban J connectivity index is 0.000000686. The van der Waals surface area contributed by atoms with E-state index in [1.165, 1.54) is 58.4 Å². The number of likely N-dealkylation sites (tertiary alicyclic amines) is 1. The van der Waals surface area contributed by atoms with Crippen LogP contribution in [-0.4, -0.2) is 50.7 Å². The Hall–Kier alpha value is -0.120. The molecule has 0 aromatic carbocycles. The summed E-state index contributed by atoms with van der Waals surface area (Å²) in [4.78, 5) is 2.43. The zero-order valence-corrected chi connectivity index (χ0v) is 12.0. The summed E-state index contributed by atoms with van der Waals surface area (Å²) in [6, 6.07) is 0.788. The highest BCUT2D eigenvalue weighted by atomic mass is 15.1. The average Bonchev–Trinajstić information content (AvgIpc) is 2.42. The van der Waals surface area contributed by atoms with Crippen LogP contribution in [0.2, 0.25) is 0 Å². The molecule has 2 heterocycles. The van der Waals surface area contributed by atoms with Crippen molar-refractivity contribution in [2.45, 2.75) is 45.6 Å². The van der Waals surface area contributed by atoms with Crippen LogP contribution in [-0.2, 0) is 0 Å². The SMILES string of the molecule is CC.CN1CCC(NCC2CCNCC2)CC1. The first-order chi connectivity index (χ1) is 8.34. The smallest absolute Gasteiger partial charge is 0.00915 e. The van der Waals surface area contributed by atoms with E-state index in [4.69, 9.17) is 0 Å². The second-order valence-electron chi connectivity index (χ2n) is 5.18. The normalized spacial score (nSPS) is 24.2. The van der Waals surface area contributed by atoms with E-state index in [1.807, 2.05) is 13.8 Å². The molecular weight excluding hydrogens is 210 g/mol. The quantitative estimate of drug-likeness (QED) is 0.787. The Labute approximate surface area is 107 Å². The zero-order chi connectivity index (χ0) is 12.5. The van der Waals surface area contributed by atoms with Gasteiger partial charge in [-0.2, -0.15) is 0 Å². The monoisotopic (exact) mass is 241 g/mol. The van der Waals surface area contributed by atoms with Crippen LogP contribution < -0.4 is 10.6 Å². The van der Waals surface area contributed by atoms with Gasteiger partial charge in [-0.25, -0.2) is 0 Å². The predicted octanol–water partition coefficient (Wildman–Crippen LogP) is 1.70. The van der Waals surface area contributed by atoms with E-state index in [9.17, 15) is 0 Å². The van der Waals surface area contributed by atoms with Gasteiger partial charge in [0.1, 0.15) is 0 Å². The van der Waals surface area contributed by atoms with Crippen LogP contribution in [0, 0.1) is 5.92 Å². The van der Waals surface area contributed by atoms with Crippen molar-refractivity contribution in [1.82, 2.24) is 15.5 Å². The Bertz CT molecular complexity index is 170. The molecule has 0 amide bonds. The summed E-state index contributed by atoms with van der Waals surface area (Å²) in [5.74, 6) is 0.922. The molecular formula is C14H31N3. The Kier molecular flexibility index (Phi) is 7.82. The van der Waals surface area contributed by atoms with Crippen molar-refractivity contribution >= 4 is 0 Å². The molecule has 17 heavy (non-hydrogen) atoms. The molecule has 2 aliphatic heterocycles. The van der Waals surface area contributed by atoms with Gasteiger partial charge < -0.3 is 15.5 Å². The molecule has 0 unspecified atom stereocenters. The minimum Gasteiger partial charge on any atom is -0.317 e. The lowest BCUT2D eigenvalue weighted by atomic mass is 9.97. The molecule has 0 radical (unpaired) electrons. The molecule has 0 saturated carbocycles. The minimum absolute atomic E-state index is 0.788. The lowest BCUT2D eigenvalue weighted by Crippen LogP contribution is -2.43. The first-order valence-electron chi connectivity index (χ1n) is 7.47. The maximum Gasteiger partial charge on any atom is 0.00915 e. The van der Waals surface area contributed by atoms with Gasteiger partial charge >= 0.3 is 0 Å². The zero-order valence-electron chi connectivity index (χ0n) is 12.0. The van der Waals surface area contributed by atoms with Crippen LogP contribution in [0.4, 0.5) is 0 Å². The topological polar surface area (TPSA) is 27.3 Å². The molecule has 0 aliphatic carbocycles. The minimum atomic E-state index is 0.788. The van der Waals surface area contributed by atoms with E-state index in [0.29, 0.717) is 0 Å². The Morgan fingerprint density at radius 3 is 2.24 bits per heavy atom. The fraction of sp³-hybridized carbons (Fsp3) is 1.00. The Morgan fingerprint density at radius 1 is 1.06 bits per heavy atom. The van der Waals surface area contributed by atoms with E-state index in [2.05, 4.69) is 22.6 Å². The van der Waals surface area contributed by atoms with Gasteiger partial charge in [0, 0.05) is 6.04 Å². The van der Waals surface area contributed by atoms with Gasteiger partial charge in [0.25, 0.3) is 0 Å². The number of hydrogen-bond donors (Lipinski definition) is 2. The van der Waals surface area contributed by atoms with E-state index < -0.39 is 0 Å². The van der Waals surface area contributed by atoms with Crippen LogP contribution in [0.15, 0.2) is 0 Å². The highest BCUT2D eigenvalue weighted by Gasteiger charge is 2.18. The molecule has 2 aliphatic rings. The van der Waals surface area contributed by atoms with Gasteiger partial charge in [-0.05, 0) is 71.4 Å². The summed E-state index contributed by atoms with van der Waals surface area (Å²) in [6.45, 7) is 10.2. The highest BCUT2D eigenvalue weighted by Crippen LogP contribution is 2.13. The molecule has 3 nitrogen and oxygen atoms in total. The molecule has 0 atom stereocenters. The molecule has 0 bridgehead atoms. The van der Waals surface area contributed by atoms with Crippen molar-refractivity contribution in [2.24, 2.45) is 5.92 Å². The maximum atomic E-state index is 3.76. The summed E-state index contributed by atoms with van der Waals surface area (Å²) in [5, 5.41) is 7.18. The van der Waals surface area contributed by atoms with Gasteiger partial charge in [0.2, 0.25) is 0 Å². The van der Waals surface area contributed by atoms with Gasteiger partial charge in [-0.3, -0.25) is 0 Å². The molecule has 2 fully saturated rings. The van der Waals surface area contributed by atoms with Gasteiger partial charge in [0.05, 0.1) is 0 Å². The van der Waals surface area contributed by atoms with Crippen molar-refractivity contribution in [1.29, 1.82) is 0 Å². The van der Waals surface area contributed by atoms with E-state index in [0.717, 1.165) is 12.0 Å². The molecule has 3 heteroatoms. The third kappa shape index (κ3) is 5.84.